The highest BCUT2D eigenvalue weighted by Gasteiger charge is 2.51. The molecule has 5 rings (SSSR count). The molecule has 196 valence electrons. The molecule has 0 aliphatic carbocycles. The van der Waals surface area contributed by atoms with Crippen LogP contribution in [0.2, 0.25) is 0 Å². The van der Waals surface area contributed by atoms with Crippen molar-refractivity contribution >= 4 is 17.8 Å². The van der Waals surface area contributed by atoms with E-state index in [1.165, 1.54) is 4.90 Å². The van der Waals surface area contributed by atoms with Crippen LogP contribution in [-0.2, 0) is 4.79 Å². The molecule has 37 heavy (non-hydrogen) atoms. The number of aliphatic hydroxyl groups excluding tert-OH is 1. The summed E-state index contributed by atoms with van der Waals surface area (Å²) in [4.78, 5) is 28.1. The predicted octanol–water partition coefficient (Wildman–Crippen LogP) is 3.44. The Balaban J connectivity index is 1.47. The SMILES string of the molecule is CC1(C)CC(=O)N(C2c3cc(C(=O)N[C@@H]4c5ccccc5OC(C)(C)[C@H]4O)ccc3OC2(C)C)C(=N)N1. The van der Waals surface area contributed by atoms with Crippen LogP contribution in [-0.4, -0.2) is 50.6 Å². The minimum absolute atomic E-state index is 0.00907. The highest BCUT2D eigenvalue weighted by Crippen LogP contribution is 2.48. The minimum atomic E-state index is -0.975. The van der Waals surface area contributed by atoms with Gasteiger partial charge in [-0.3, -0.25) is 19.9 Å². The number of hydrogen-bond acceptors (Lipinski definition) is 6. The highest BCUT2D eigenvalue weighted by molar-refractivity contribution is 6.00. The van der Waals surface area contributed by atoms with Gasteiger partial charge in [0.15, 0.2) is 5.96 Å². The molecule has 9 heteroatoms. The number of ether oxygens (including phenoxy) is 2. The maximum atomic E-state index is 13.5. The van der Waals surface area contributed by atoms with Gasteiger partial charge in [0.25, 0.3) is 5.91 Å². The zero-order valence-corrected chi connectivity index (χ0v) is 22.0. The second kappa shape index (κ2) is 8.21. The normalized spacial score (nSPS) is 26.8. The van der Waals surface area contributed by atoms with Crippen LogP contribution in [0.4, 0.5) is 0 Å². The minimum Gasteiger partial charge on any atom is -0.485 e. The van der Waals surface area contributed by atoms with E-state index in [9.17, 15) is 14.7 Å². The van der Waals surface area contributed by atoms with Crippen molar-refractivity contribution in [3.05, 3.63) is 59.2 Å². The molecule has 1 unspecified atom stereocenters. The zero-order chi connectivity index (χ0) is 26.9. The van der Waals surface area contributed by atoms with Crippen molar-refractivity contribution in [3.63, 3.8) is 0 Å². The first-order valence-electron chi connectivity index (χ1n) is 12.5. The Kier molecular flexibility index (Phi) is 5.56. The van der Waals surface area contributed by atoms with Crippen LogP contribution in [0.3, 0.4) is 0 Å². The largest absolute Gasteiger partial charge is 0.485 e. The number of aliphatic hydroxyl groups is 1. The molecule has 0 aromatic heterocycles. The average molecular weight is 507 g/mol. The summed E-state index contributed by atoms with van der Waals surface area (Å²) in [6.07, 6.45) is -0.745. The van der Waals surface area contributed by atoms with Gasteiger partial charge in [-0.15, -0.1) is 0 Å². The number of carbonyl (C=O) groups excluding carboxylic acids is 2. The number of nitrogens with zero attached hydrogens (tertiary/aromatic N) is 1. The number of hydrogen-bond donors (Lipinski definition) is 4. The summed E-state index contributed by atoms with van der Waals surface area (Å²) in [7, 11) is 0. The topological polar surface area (TPSA) is 124 Å². The van der Waals surface area contributed by atoms with Crippen LogP contribution in [0.5, 0.6) is 11.5 Å². The summed E-state index contributed by atoms with van der Waals surface area (Å²) in [6, 6.07) is 11.2. The van der Waals surface area contributed by atoms with E-state index in [1.54, 1.807) is 32.0 Å². The van der Waals surface area contributed by atoms with E-state index in [-0.39, 0.29) is 24.2 Å². The Morgan fingerprint density at radius 3 is 2.38 bits per heavy atom. The number of carbonyl (C=O) groups is 2. The van der Waals surface area contributed by atoms with Crippen molar-refractivity contribution in [3.8, 4) is 11.5 Å². The number of nitrogens with one attached hydrogen (secondary N) is 3. The van der Waals surface area contributed by atoms with Crippen molar-refractivity contribution < 1.29 is 24.2 Å². The van der Waals surface area contributed by atoms with E-state index in [0.717, 1.165) is 0 Å². The summed E-state index contributed by atoms with van der Waals surface area (Å²) >= 11 is 0. The molecule has 2 aromatic rings. The van der Waals surface area contributed by atoms with E-state index < -0.39 is 34.9 Å². The molecule has 3 aliphatic heterocycles. The van der Waals surface area contributed by atoms with Crippen LogP contribution in [0.1, 0.15) is 81.5 Å². The summed E-state index contributed by atoms with van der Waals surface area (Å²) in [5, 5.41) is 25.7. The molecule has 2 amide bonds. The smallest absolute Gasteiger partial charge is 0.251 e. The fourth-order valence-electron chi connectivity index (χ4n) is 5.57. The predicted molar refractivity (Wildman–Crippen MR) is 138 cm³/mol. The van der Waals surface area contributed by atoms with E-state index in [2.05, 4.69) is 10.6 Å². The summed E-state index contributed by atoms with van der Waals surface area (Å²) in [5.41, 5.74) is -0.514. The molecular formula is C28H34N4O5. The third kappa shape index (κ3) is 4.21. The number of guanidine groups is 1. The van der Waals surface area contributed by atoms with Crippen LogP contribution in [0, 0.1) is 5.41 Å². The number of amides is 2. The number of fused-ring (bicyclic) bond motifs is 2. The molecule has 3 aliphatic rings. The Hall–Kier alpha value is -3.59. The van der Waals surface area contributed by atoms with Gasteiger partial charge in [-0.05, 0) is 65.8 Å². The van der Waals surface area contributed by atoms with Crippen LogP contribution >= 0.6 is 0 Å². The molecule has 9 nitrogen and oxygen atoms in total. The summed E-state index contributed by atoms with van der Waals surface area (Å²) in [5.74, 6) is 0.638. The molecule has 3 atom stereocenters. The quantitative estimate of drug-likeness (QED) is 0.506. The fourth-order valence-corrected chi connectivity index (χ4v) is 5.57. The van der Waals surface area contributed by atoms with Crippen molar-refractivity contribution in [1.29, 1.82) is 5.41 Å². The molecule has 0 saturated carbocycles. The third-order valence-corrected chi connectivity index (χ3v) is 7.36. The standard InChI is InChI=1S/C28H34N4O5/c1-26(2)14-20(33)32(25(29)31-26)22-17-13-15(11-12-19(17)36-27(22,3)4)24(35)30-21-16-9-7-8-10-18(16)37-28(5,6)23(21)34/h7-13,21-23,34H,14H2,1-6H3,(H2,29,31)(H,30,35)/t21-,22?,23+/m1/s1. The monoisotopic (exact) mass is 506 g/mol. The first-order valence-corrected chi connectivity index (χ1v) is 12.5. The van der Waals surface area contributed by atoms with Gasteiger partial charge in [0.05, 0.1) is 6.04 Å². The second-order valence-electron chi connectivity index (χ2n) is 11.8. The Labute approximate surface area is 216 Å². The van der Waals surface area contributed by atoms with Gasteiger partial charge >= 0.3 is 0 Å². The Morgan fingerprint density at radius 1 is 1.03 bits per heavy atom. The number of para-hydroxylation sites is 1. The lowest BCUT2D eigenvalue weighted by molar-refractivity contribution is -0.134. The van der Waals surface area contributed by atoms with Crippen molar-refractivity contribution in [2.75, 3.05) is 0 Å². The van der Waals surface area contributed by atoms with Gasteiger partial charge in [-0.25, -0.2) is 0 Å². The Bertz CT molecular complexity index is 1280. The van der Waals surface area contributed by atoms with E-state index in [4.69, 9.17) is 14.9 Å². The maximum Gasteiger partial charge on any atom is 0.251 e. The lowest BCUT2D eigenvalue weighted by atomic mass is 9.86. The molecular weight excluding hydrogens is 472 g/mol. The van der Waals surface area contributed by atoms with Gasteiger partial charge in [0.2, 0.25) is 5.91 Å². The van der Waals surface area contributed by atoms with Gasteiger partial charge in [-0.1, -0.05) is 18.2 Å². The van der Waals surface area contributed by atoms with Gasteiger partial charge in [0, 0.05) is 28.7 Å². The van der Waals surface area contributed by atoms with Crippen LogP contribution in [0.25, 0.3) is 0 Å². The maximum absolute atomic E-state index is 13.5. The lowest BCUT2D eigenvalue weighted by Crippen LogP contribution is -2.62. The average Bonchev–Trinajstić information content (AvgIpc) is 3.04. The fraction of sp³-hybridized carbons (Fsp3) is 0.464. The number of rotatable bonds is 3. The van der Waals surface area contributed by atoms with Gasteiger partial charge < -0.3 is 25.2 Å². The zero-order valence-electron chi connectivity index (χ0n) is 22.0. The lowest BCUT2D eigenvalue weighted by Gasteiger charge is -2.43. The molecule has 0 bridgehead atoms. The molecule has 0 spiro atoms. The molecule has 0 radical (unpaired) electrons. The van der Waals surface area contributed by atoms with E-state index >= 15 is 0 Å². The van der Waals surface area contributed by atoms with Gasteiger partial charge in [-0.2, -0.15) is 0 Å². The van der Waals surface area contributed by atoms with Crippen molar-refractivity contribution in [2.45, 2.75) is 82.9 Å². The molecule has 4 N–H and O–H groups in total. The molecule has 2 aromatic carbocycles. The summed E-state index contributed by atoms with van der Waals surface area (Å²) in [6.45, 7) is 11.1. The first-order chi connectivity index (χ1) is 17.2. The first kappa shape index (κ1) is 25.1. The summed E-state index contributed by atoms with van der Waals surface area (Å²) < 4.78 is 12.1. The van der Waals surface area contributed by atoms with E-state index in [1.807, 2.05) is 52.0 Å². The van der Waals surface area contributed by atoms with Gasteiger partial charge in [0.1, 0.15) is 34.8 Å². The van der Waals surface area contributed by atoms with Crippen molar-refractivity contribution in [2.24, 2.45) is 0 Å². The van der Waals surface area contributed by atoms with E-state index in [0.29, 0.717) is 28.2 Å². The number of benzene rings is 2. The highest BCUT2D eigenvalue weighted by atomic mass is 16.5. The van der Waals surface area contributed by atoms with Crippen LogP contribution in [0.15, 0.2) is 42.5 Å². The Morgan fingerprint density at radius 2 is 1.68 bits per heavy atom. The molecule has 1 saturated heterocycles. The van der Waals surface area contributed by atoms with Crippen molar-refractivity contribution in [1.82, 2.24) is 15.5 Å². The van der Waals surface area contributed by atoms with Crippen LogP contribution < -0.4 is 20.1 Å². The third-order valence-electron chi connectivity index (χ3n) is 7.36. The molecule has 1 fully saturated rings. The second-order valence-corrected chi connectivity index (χ2v) is 11.8. The molecule has 3 heterocycles.